The maximum Gasteiger partial charge on any atom is 0.508 e. The molecule has 1 atom stereocenters. The van der Waals surface area contributed by atoms with Gasteiger partial charge in [-0.3, -0.25) is 10.1 Å². The first-order valence-corrected chi connectivity index (χ1v) is 10.3. The van der Waals surface area contributed by atoms with E-state index in [0.717, 1.165) is 0 Å². The molecule has 0 saturated heterocycles. The van der Waals surface area contributed by atoms with Crippen LogP contribution in [0.3, 0.4) is 0 Å². The predicted molar refractivity (Wildman–Crippen MR) is 117 cm³/mol. The summed E-state index contributed by atoms with van der Waals surface area (Å²) in [4.78, 5) is 46.0. The highest BCUT2D eigenvalue weighted by Gasteiger charge is 2.31. The van der Waals surface area contributed by atoms with Crippen molar-refractivity contribution in [3.8, 4) is 0 Å². The fraction of sp³-hybridized carbons (Fsp3) is 0.400. The summed E-state index contributed by atoms with van der Waals surface area (Å²) in [5, 5.41) is 16.7. The topological polar surface area (TPSA) is 155 Å². The Morgan fingerprint density at radius 1 is 1.18 bits per heavy atom. The lowest BCUT2D eigenvalue weighted by Gasteiger charge is -2.29. The highest BCUT2D eigenvalue weighted by molar-refractivity contribution is 7.80. The maximum atomic E-state index is 12.7. The molecule has 2 rings (SSSR count). The van der Waals surface area contributed by atoms with Gasteiger partial charge >= 0.3 is 18.1 Å². The number of benzene rings is 1. The van der Waals surface area contributed by atoms with Crippen LogP contribution in [0.25, 0.3) is 0 Å². The summed E-state index contributed by atoms with van der Waals surface area (Å²) in [6, 6.07) is 5.19. The quantitative estimate of drug-likeness (QED) is 0.164. The highest BCUT2D eigenvalue weighted by Crippen LogP contribution is 2.17. The maximum absolute atomic E-state index is 12.7. The molecule has 0 aliphatic carbocycles. The van der Waals surface area contributed by atoms with Gasteiger partial charge in [0.05, 0.1) is 29.8 Å². The van der Waals surface area contributed by atoms with E-state index < -0.39 is 35.7 Å². The SMILES string of the molecule is CCOC(=O)COC(=O)OCC1NC(=S)NC(C)=C1C(=O)OCCc1cccc([N+](=O)[O-])c1. The van der Waals surface area contributed by atoms with Crippen molar-refractivity contribution in [3.05, 3.63) is 51.2 Å². The van der Waals surface area contributed by atoms with E-state index in [4.69, 9.17) is 21.7 Å². The average Bonchev–Trinajstić information content (AvgIpc) is 2.76. The normalized spacial score (nSPS) is 15.1. The Bertz CT molecular complexity index is 964. The van der Waals surface area contributed by atoms with Gasteiger partial charge < -0.3 is 29.6 Å². The molecule has 178 valence electrons. The first-order valence-electron chi connectivity index (χ1n) is 9.85. The van der Waals surface area contributed by atoms with E-state index in [-0.39, 0.29) is 42.6 Å². The molecule has 1 aromatic carbocycles. The zero-order chi connectivity index (χ0) is 24.4. The van der Waals surface area contributed by atoms with Gasteiger partial charge in [0, 0.05) is 24.3 Å². The smallest absolute Gasteiger partial charge is 0.463 e. The van der Waals surface area contributed by atoms with Crippen molar-refractivity contribution in [2.45, 2.75) is 26.3 Å². The Morgan fingerprint density at radius 2 is 1.94 bits per heavy atom. The Balaban J connectivity index is 1.93. The number of carbonyl (C=O) groups is 3. The Kier molecular flexibility index (Phi) is 9.54. The molecule has 0 radical (unpaired) electrons. The van der Waals surface area contributed by atoms with Gasteiger partial charge in [0.15, 0.2) is 11.7 Å². The van der Waals surface area contributed by atoms with E-state index in [1.807, 2.05) is 0 Å². The molecule has 0 amide bonds. The minimum Gasteiger partial charge on any atom is -0.463 e. The van der Waals surface area contributed by atoms with Crippen LogP contribution in [-0.2, 0) is 35.0 Å². The first-order chi connectivity index (χ1) is 15.7. The van der Waals surface area contributed by atoms with Gasteiger partial charge in [-0.05, 0) is 31.6 Å². The van der Waals surface area contributed by atoms with Crippen molar-refractivity contribution >= 4 is 41.1 Å². The van der Waals surface area contributed by atoms with E-state index >= 15 is 0 Å². The largest absolute Gasteiger partial charge is 0.508 e. The van der Waals surface area contributed by atoms with E-state index in [2.05, 4.69) is 20.1 Å². The number of nitro groups is 1. The van der Waals surface area contributed by atoms with Crippen LogP contribution in [0.15, 0.2) is 35.5 Å². The lowest BCUT2D eigenvalue weighted by Crippen LogP contribution is -2.52. The molecule has 1 aliphatic rings. The summed E-state index contributed by atoms with van der Waals surface area (Å²) in [7, 11) is 0. The van der Waals surface area contributed by atoms with Gasteiger partial charge in [0.1, 0.15) is 6.61 Å². The summed E-state index contributed by atoms with van der Waals surface area (Å²) in [6.45, 7) is 2.40. The third-order valence-electron chi connectivity index (χ3n) is 4.31. The van der Waals surface area contributed by atoms with Crippen LogP contribution in [0.4, 0.5) is 10.5 Å². The summed E-state index contributed by atoms with van der Waals surface area (Å²) < 4.78 is 19.6. The van der Waals surface area contributed by atoms with Crippen molar-refractivity contribution in [2.24, 2.45) is 0 Å². The number of hydrogen-bond donors (Lipinski definition) is 2. The zero-order valence-electron chi connectivity index (χ0n) is 18.0. The van der Waals surface area contributed by atoms with E-state index in [0.29, 0.717) is 11.3 Å². The van der Waals surface area contributed by atoms with Crippen LogP contribution in [0.5, 0.6) is 0 Å². The number of thiocarbonyl (C=S) groups is 1. The molecule has 12 nitrogen and oxygen atoms in total. The number of nitrogens with one attached hydrogen (secondary N) is 2. The number of hydrogen-bond acceptors (Lipinski definition) is 10. The van der Waals surface area contributed by atoms with Crippen molar-refractivity contribution < 1.29 is 38.3 Å². The van der Waals surface area contributed by atoms with Gasteiger partial charge in [0.25, 0.3) is 5.69 Å². The van der Waals surface area contributed by atoms with Crippen LogP contribution in [0.2, 0.25) is 0 Å². The second kappa shape index (κ2) is 12.3. The van der Waals surface area contributed by atoms with Crippen molar-refractivity contribution in [1.82, 2.24) is 10.6 Å². The predicted octanol–water partition coefficient (Wildman–Crippen LogP) is 1.52. The number of allylic oxidation sites excluding steroid dienone is 1. The summed E-state index contributed by atoms with van der Waals surface area (Å²) >= 11 is 5.08. The fourth-order valence-electron chi connectivity index (χ4n) is 2.86. The molecule has 0 spiro atoms. The monoisotopic (exact) mass is 481 g/mol. The molecule has 2 N–H and O–H groups in total. The summed E-state index contributed by atoms with van der Waals surface area (Å²) in [5.41, 5.74) is 1.14. The molecular formula is C20H23N3O9S. The van der Waals surface area contributed by atoms with Crippen LogP contribution in [0.1, 0.15) is 19.4 Å². The van der Waals surface area contributed by atoms with E-state index in [1.54, 1.807) is 26.0 Å². The molecule has 1 aliphatic heterocycles. The molecule has 0 fully saturated rings. The van der Waals surface area contributed by atoms with Gasteiger partial charge in [-0.2, -0.15) is 0 Å². The number of non-ortho nitro benzene ring substituents is 1. The van der Waals surface area contributed by atoms with E-state index in [1.165, 1.54) is 12.1 Å². The fourth-order valence-corrected chi connectivity index (χ4v) is 3.16. The molecule has 0 bridgehead atoms. The molecule has 1 heterocycles. The van der Waals surface area contributed by atoms with Gasteiger partial charge in [0.2, 0.25) is 0 Å². The van der Waals surface area contributed by atoms with Crippen molar-refractivity contribution in [2.75, 3.05) is 26.4 Å². The third-order valence-corrected chi connectivity index (χ3v) is 4.52. The van der Waals surface area contributed by atoms with Gasteiger partial charge in [-0.1, -0.05) is 12.1 Å². The van der Waals surface area contributed by atoms with Crippen LogP contribution >= 0.6 is 12.2 Å². The number of rotatable bonds is 10. The standard InChI is InChI=1S/C20H23N3O9S/c1-3-29-16(24)11-32-20(26)31-10-15-17(12(2)21-19(33)22-15)18(25)30-8-7-13-5-4-6-14(9-13)23(27)28/h4-6,9,15H,3,7-8,10-11H2,1-2H3,(H2,21,22,33). The highest BCUT2D eigenvalue weighted by atomic mass is 32.1. The molecule has 13 heteroatoms. The molecular weight excluding hydrogens is 458 g/mol. The number of esters is 2. The number of ether oxygens (including phenoxy) is 4. The van der Waals surface area contributed by atoms with Crippen LogP contribution < -0.4 is 10.6 Å². The lowest BCUT2D eigenvalue weighted by molar-refractivity contribution is -0.384. The Hall–Kier alpha value is -3.74. The second-order valence-electron chi connectivity index (χ2n) is 6.66. The second-order valence-corrected chi connectivity index (χ2v) is 7.07. The molecule has 1 unspecified atom stereocenters. The lowest BCUT2D eigenvalue weighted by atomic mass is 10.0. The summed E-state index contributed by atoms with van der Waals surface area (Å²) in [6.07, 6.45) is -0.856. The molecule has 1 aromatic rings. The minimum absolute atomic E-state index is 0.0314. The zero-order valence-corrected chi connectivity index (χ0v) is 18.8. The van der Waals surface area contributed by atoms with Gasteiger partial charge in [-0.25, -0.2) is 14.4 Å². The Morgan fingerprint density at radius 3 is 2.64 bits per heavy atom. The first kappa shape index (κ1) is 25.5. The van der Waals surface area contributed by atoms with Crippen LogP contribution in [0, 0.1) is 10.1 Å². The van der Waals surface area contributed by atoms with Crippen LogP contribution in [-0.4, -0.2) is 60.6 Å². The third kappa shape index (κ3) is 8.03. The van der Waals surface area contributed by atoms with Crippen molar-refractivity contribution in [3.63, 3.8) is 0 Å². The molecule has 0 aromatic heterocycles. The molecule has 33 heavy (non-hydrogen) atoms. The number of carbonyl (C=O) groups excluding carboxylic acids is 3. The number of nitro benzene ring substituents is 1. The molecule has 0 saturated carbocycles. The number of nitrogens with zero attached hydrogens (tertiary/aromatic N) is 1. The minimum atomic E-state index is -1.12. The van der Waals surface area contributed by atoms with Crippen molar-refractivity contribution in [1.29, 1.82) is 0 Å². The summed E-state index contributed by atoms with van der Waals surface area (Å²) in [5.74, 6) is -1.41. The van der Waals surface area contributed by atoms with E-state index in [9.17, 15) is 24.5 Å². The Labute approximate surface area is 194 Å². The average molecular weight is 481 g/mol. The van der Waals surface area contributed by atoms with Gasteiger partial charge in [-0.15, -0.1) is 0 Å².